The quantitative estimate of drug-likeness (QED) is 0.721. The van der Waals surface area contributed by atoms with Gasteiger partial charge >= 0.3 is 0 Å². The zero-order chi connectivity index (χ0) is 15.8. The Balaban J connectivity index is 1.74. The van der Waals surface area contributed by atoms with E-state index in [1.807, 2.05) is 0 Å². The normalized spacial score (nSPS) is 52.7. The molecule has 6 atom stereocenters. The molecule has 4 rings (SSSR count). The molecule has 2 bridgehead atoms. The molecule has 124 valence electrons. The van der Waals surface area contributed by atoms with Gasteiger partial charge in [-0.3, -0.25) is 0 Å². The van der Waals surface area contributed by atoms with Crippen molar-refractivity contribution in [3.8, 4) is 0 Å². The minimum Gasteiger partial charge on any atom is -0.393 e. The Hall–Kier alpha value is -0.340. The summed E-state index contributed by atoms with van der Waals surface area (Å²) in [6, 6.07) is 0. The molecule has 2 heteroatoms. The van der Waals surface area contributed by atoms with E-state index in [-0.39, 0.29) is 18.1 Å². The molecular weight excluding hydrogens is 272 g/mol. The second kappa shape index (κ2) is 4.60. The number of hydrogen-bond donors (Lipinski definition) is 2. The maximum atomic E-state index is 10.6. The average molecular weight is 304 g/mol. The number of aliphatic hydroxyl groups is 2. The molecule has 0 amide bonds. The Morgan fingerprint density at radius 1 is 1.05 bits per heavy atom. The first-order chi connectivity index (χ1) is 10.3. The lowest BCUT2D eigenvalue weighted by Gasteiger charge is -2.64. The van der Waals surface area contributed by atoms with E-state index in [1.165, 1.54) is 44.1 Å². The summed E-state index contributed by atoms with van der Waals surface area (Å²) in [4.78, 5) is 0. The minimum atomic E-state index is -0.136. The molecule has 0 aromatic carbocycles. The topological polar surface area (TPSA) is 40.5 Å². The maximum Gasteiger partial charge on any atom is 0.0644 e. The highest BCUT2D eigenvalue weighted by Crippen LogP contribution is 2.70. The maximum absolute atomic E-state index is 10.6. The minimum absolute atomic E-state index is 0.0492. The molecule has 0 saturated heterocycles. The monoisotopic (exact) mass is 304 g/mol. The standard InChI is InChI=1S/C20H32O2/c1-18(2)15-6-9-20-10-13(14(11-20)12-21)4-5-16(20)19(15,3)8-7-17(18)22/h11,13,15-17,21-22H,4-10,12H2,1-3H3/t13-,15+,16-,17+,19-,20+/m1/s1. The molecule has 3 saturated carbocycles. The van der Waals surface area contributed by atoms with Gasteiger partial charge in [0.1, 0.15) is 0 Å². The molecule has 4 aliphatic carbocycles. The Kier molecular flexibility index (Phi) is 3.18. The Morgan fingerprint density at radius 3 is 2.55 bits per heavy atom. The number of aliphatic hydroxyl groups excluding tert-OH is 2. The lowest BCUT2D eigenvalue weighted by Crippen LogP contribution is -2.59. The molecule has 3 fully saturated rings. The summed E-state index contributed by atoms with van der Waals surface area (Å²) in [5.41, 5.74) is 2.12. The lowest BCUT2D eigenvalue weighted by atomic mass is 9.41. The second-order valence-corrected chi connectivity index (χ2v) is 9.61. The highest BCUT2D eigenvalue weighted by Gasteiger charge is 2.63. The van der Waals surface area contributed by atoms with Crippen LogP contribution >= 0.6 is 0 Å². The van der Waals surface area contributed by atoms with Crippen LogP contribution in [0.5, 0.6) is 0 Å². The van der Waals surface area contributed by atoms with Crippen molar-refractivity contribution in [2.45, 2.75) is 71.8 Å². The Morgan fingerprint density at radius 2 is 1.82 bits per heavy atom. The number of allylic oxidation sites excluding steroid dienone is 1. The van der Waals surface area contributed by atoms with E-state index < -0.39 is 0 Å². The average Bonchev–Trinajstić information content (AvgIpc) is 2.74. The molecule has 0 unspecified atom stereocenters. The smallest absolute Gasteiger partial charge is 0.0644 e. The summed E-state index contributed by atoms with van der Waals surface area (Å²) >= 11 is 0. The molecule has 0 aromatic heterocycles. The van der Waals surface area contributed by atoms with Gasteiger partial charge in [0.05, 0.1) is 12.7 Å². The third-order valence-corrected chi connectivity index (χ3v) is 8.51. The summed E-state index contributed by atoms with van der Waals surface area (Å²) in [7, 11) is 0. The van der Waals surface area contributed by atoms with E-state index in [1.54, 1.807) is 0 Å². The van der Waals surface area contributed by atoms with Gasteiger partial charge in [-0.1, -0.05) is 26.8 Å². The predicted octanol–water partition coefficient (Wildman–Crippen LogP) is 3.92. The zero-order valence-corrected chi connectivity index (χ0v) is 14.4. The van der Waals surface area contributed by atoms with Gasteiger partial charge in [-0.25, -0.2) is 0 Å². The number of hydrogen-bond acceptors (Lipinski definition) is 2. The van der Waals surface area contributed by atoms with E-state index in [9.17, 15) is 10.2 Å². The van der Waals surface area contributed by atoms with Crippen LogP contribution in [-0.4, -0.2) is 22.9 Å². The molecule has 0 aliphatic heterocycles. The van der Waals surface area contributed by atoms with Crippen LogP contribution in [0, 0.1) is 34.0 Å². The fourth-order valence-corrected chi connectivity index (χ4v) is 7.44. The fraction of sp³-hybridized carbons (Fsp3) is 0.900. The van der Waals surface area contributed by atoms with Crippen LogP contribution in [0.1, 0.15) is 65.7 Å². The molecule has 22 heavy (non-hydrogen) atoms. The summed E-state index contributed by atoms with van der Waals surface area (Å²) < 4.78 is 0. The van der Waals surface area contributed by atoms with Crippen LogP contribution < -0.4 is 0 Å². The van der Waals surface area contributed by atoms with E-state index in [0.717, 1.165) is 12.3 Å². The Bertz CT molecular complexity index is 508. The van der Waals surface area contributed by atoms with Crippen LogP contribution in [0.4, 0.5) is 0 Å². The Labute approximate surface area is 135 Å². The van der Waals surface area contributed by atoms with Gasteiger partial charge in [-0.15, -0.1) is 0 Å². The van der Waals surface area contributed by atoms with Crippen LogP contribution in [0.15, 0.2) is 11.6 Å². The third kappa shape index (κ3) is 1.74. The van der Waals surface area contributed by atoms with Crippen molar-refractivity contribution in [1.29, 1.82) is 0 Å². The van der Waals surface area contributed by atoms with Gasteiger partial charge in [0, 0.05) is 0 Å². The van der Waals surface area contributed by atoms with Crippen molar-refractivity contribution in [3.63, 3.8) is 0 Å². The molecule has 2 nitrogen and oxygen atoms in total. The van der Waals surface area contributed by atoms with E-state index >= 15 is 0 Å². The van der Waals surface area contributed by atoms with E-state index in [4.69, 9.17) is 0 Å². The van der Waals surface area contributed by atoms with Crippen LogP contribution in [-0.2, 0) is 0 Å². The first kappa shape index (κ1) is 15.2. The summed E-state index contributed by atoms with van der Waals surface area (Å²) in [5, 5.41) is 20.3. The van der Waals surface area contributed by atoms with Crippen molar-refractivity contribution in [3.05, 3.63) is 11.6 Å². The SMILES string of the molecule is CC1(C)[C@@H](O)CC[C@]2(C)[C@H]1CC[C@]13C=C(CO)[C@H](CC[C@@H]12)C3. The van der Waals surface area contributed by atoms with Crippen molar-refractivity contribution in [2.75, 3.05) is 6.61 Å². The predicted molar refractivity (Wildman–Crippen MR) is 88.3 cm³/mol. The highest BCUT2D eigenvalue weighted by atomic mass is 16.3. The summed E-state index contributed by atoms with van der Waals surface area (Å²) in [6.07, 6.45) is 10.9. The molecule has 1 spiro atoms. The molecule has 0 aromatic rings. The van der Waals surface area contributed by atoms with Crippen LogP contribution in [0.25, 0.3) is 0 Å². The molecule has 0 radical (unpaired) electrons. The van der Waals surface area contributed by atoms with Crippen molar-refractivity contribution >= 4 is 0 Å². The molecule has 2 N–H and O–H groups in total. The van der Waals surface area contributed by atoms with Gasteiger partial charge in [-0.2, -0.15) is 0 Å². The second-order valence-electron chi connectivity index (χ2n) is 9.61. The summed E-state index contributed by atoms with van der Waals surface area (Å²) in [6.45, 7) is 7.39. The van der Waals surface area contributed by atoms with Crippen molar-refractivity contribution in [2.24, 2.45) is 34.0 Å². The van der Waals surface area contributed by atoms with Crippen LogP contribution in [0.3, 0.4) is 0 Å². The third-order valence-electron chi connectivity index (χ3n) is 8.51. The van der Waals surface area contributed by atoms with Gasteiger partial charge in [0.2, 0.25) is 0 Å². The molecular formula is C20H32O2. The van der Waals surface area contributed by atoms with Gasteiger partial charge < -0.3 is 10.2 Å². The van der Waals surface area contributed by atoms with Crippen molar-refractivity contribution in [1.82, 2.24) is 0 Å². The molecule has 4 aliphatic rings. The van der Waals surface area contributed by atoms with Crippen LogP contribution in [0.2, 0.25) is 0 Å². The van der Waals surface area contributed by atoms with Crippen molar-refractivity contribution < 1.29 is 10.2 Å². The molecule has 0 heterocycles. The largest absolute Gasteiger partial charge is 0.393 e. The van der Waals surface area contributed by atoms with E-state index in [0.29, 0.717) is 22.7 Å². The lowest BCUT2D eigenvalue weighted by molar-refractivity contribution is -0.172. The summed E-state index contributed by atoms with van der Waals surface area (Å²) in [5.74, 6) is 2.05. The number of rotatable bonds is 1. The zero-order valence-electron chi connectivity index (χ0n) is 14.4. The van der Waals surface area contributed by atoms with E-state index in [2.05, 4.69) is 26.8 Å². The number of fused-ring (bicyclic) bond motifs is 3. The van der Waals surface area contributed by atoms with Gasteiger partial charge in [-0.05, 0) is 84.5 Å². The van der Waals surface area contributed by atoms with Gasteiger partial charge in [0.15, 0.2) is 0 Å². The fourth-order valence-electron chi connectivity index (χ4n) is 7.44. The first-order valence-electron chi connectivity index (χ1n) is 9.34. The first-order valence-corrected chi connectivity index (χ1v) is 9.34. The van der Waals surface area contributed by atoms with Gasteiger partial charge in [0.25, 0.3) is 0 Å². The highest BCUT2D eigenvalue weighted by molar-refractivity contribution is 5.28.